The second-order valence-corrected chi connectivity index (χ2v) is 5.56. The lowest BCUT2D eigenvalue weighted by molar-refractivity contribution is 0.784. The number of hydrogen-bond acceptors (Lipinski definition) is 5. The minimum absolute atomic E-state index is 0.931. The minimum atomic E-state index is 0.931. The molecule has 0 aliphatic heterocycles. The molecule has 0 atom stereocenters. The van der Waals surface area contributed by atoms with Crippen molar-refractivity contribution in [2.24, 2.45) is 7.05 Å². The van der Waals surface area contributed by atoms with E-state index in [1.807, 2.05) is 17.8 Å². The highest BCUT2D eigenvalue weighted by molar-refractivity contribution is 7.99. The van der Waals surface area contributed by atoms with Crippen LogP contribution in [0.3, 0.4) is 0 Å². The van der Waals surface area contributed by atoms with E-state index < -0.39 is 0 Å². The van der Waals surface area contributed by atoms with Crippen molar-refractivity contribution in [1.29, 1.82) is 0 Å². The summed E-state index contributed by atoms with van der Waals surface area (Å²) in [6, 6.07) is 0. The fraction of sp³-hybridized carbons (Fsp3) is 0.500. The van der Waals surface area contributed by atoms with Crippen LogP contribution < -0.4 is 5.32 Å². The fourth-order valence-corrected chi connectivity index (χ4v) is 2.81. The van der Waals surface area contributed by atoms with Crippen LogP contribution in [0, 0.1) is 0 Å². The maximum Gasteiger partial charge on any atom is 0.174 e. The van der Waals surface area contributed by atoms with E-state index in [4.69, 9.17) is 0 Å². The first-order valence-electron chi connectivity index (χ1n) is 6.99. The number of nitrogens with zero attached hydrogens (tertiary/aromatic N) is 4. The Morgan fingerprint density at radius 2 is 2.05 bits per heavy atom. The quantitative estimate of drug-likeness (QED) is 0.794. The molecular formula is C14H21N5S. The van der Waals surface area contributed by atoms with Crippen LogP contribution in [0.5, 0.6) is 0 Å². The summed E-state index contributed by atoms with van der Waals surface area (Å²) in [5.74, 6) is 0.959. The number of aryl methyl sites for hydroxylation is 1. The number of hydrogen-bond donors (Lipinski definition) is 1. The van der Waals surface area contributed by atoms with Crippen LogP contribution in [-0.2, 0) is 13.5 Å². The number of anilines is 1. The summed E-state index contributed by atoms with van der Waals surface area (Å²) in [6.45, 7) is 5.25. The molecule has 0 radical (unpaired) electrons. The summed E-state index contributed by atoms with van der Waals surface area (Å²) in [6.07, 6.45) is 8.50. The van der Waals surface area contributed by atoms with Crippen molar-refractivity contribution >= 4 is 17.6 Å². The van der Waals surface area contributed by atoms with E-state index in [2.05, 4.69) is 34.1 Å². The van der Waals surface area contributed by atoms with Crippen molar-refractivity contribution in [1.82, 2.24) is 19.5 Å². The minimum Gasteiger partial charge on any atom is -0.370 e. The van der Waals surface area contributed by atoms with Crippen molar-refractivity contribution in [3.05, 3.63) is 24.3 Å². The van der Waals surface area contributed by atoms with Crippen LogP contribution in [0.2, 0.25) is 0 Å². The molecule has 2 aromatic heterocycles. The second kappa shape index (κ2) is 7.28. The van der Waals surface area contributed by atoms with Crippen LogP contribution in [0.4, 0.5) is 5.82 Å². The van der Waals surface area contributed by atoms with Gasteiger partial charge in [-0.3, -0.25) is 0 Å². The topological polar surface area (TPSA) is 55.6 Å². The first kappa shape index (κ1) is 14.8. The molecular weight excluding hydrogens is 270 g/mol. The van der Waals surface area contributed by atoms with Crippen LogP contribution in [0.1, 0.15) is 32.3 Å². The highest BCUT2D eigenvalue weighted by Crippen LogP contribution is 2.30. The molecule has 2 heterocycles. The standard InChI is InChI=1S/C14H21N5S/c1-4-6-11-12(15-7-5-2)17-10-18-13(11)20-14-16-8-9-19(14)3/h8-10H,4-7H2,1-3H3,(H,15,17,18). The lowest BCUT2D eigenvalue weighted by atomic mass is 10.2. The molecule has 0 bridgehead atoms. The zero-order valence-electron chi connectivity index (χ0n) is 12.3. The van der Waals surface area contributed by atoms with Gasteiger partial charge < -0.3 is 9.88 Å². The van der Waals surface area contributed by atoms with E-state index in [1.54, 1.807) is 24.3 Å². The van der Waals surface area contributed by atoms with Crippen LogP contribution in [-0.4, -0.2) is 26.1 Å². The number of rotatable bonds is 7. The Balaban J connectivity index is 2.28. The number of aromatic nitrogens is 4. The fourth-order valence-electron chi connectivity index (χ4n) is 1.89. The Morgan fingerprint density at radius 1 is 1.20 bits per heavy atom. The first-order valence-corrected chi connectivity index (χ1v) is 7.80. The van der Waals surface area contributed by atoms with Gasteiger partial charge >= 0.3 is 0 Å². The van der Waals surface area contributed by atoms with Crippen molar-refractivity contribution in [2.45, 2.75) is 43.3 Å². The second-order valence-electron chi connectivity index (χ2n) is 4.61. The summed E-state index contributed by atoms with van der Waals surface area (Å²) in [4.78, 5) is 13.2. The van der Waals surface area contributed by atoms with E-state index in [1.165, 1.54) is 5.56 Å². The molecule has 1 N–H and O–H groups in total. The molecule has 0 fully saturated rings. The summed E-state index contributed by atoms with van der Waals surface area (Å²) in [5.41, 5.74) is 1.19. The van der Waals surface area contributed by atoms with Gasteiger partial charge in [0, 0.05) is 31.5 Å². The average molecular weight is 291 g/mol. The summed E-state index contributed by atoms with van der Waals surface area (Å²) >= 11 is 1.60. The highest BCUT2D eigenvalue weighted by atomic mass is 32.2. The summed E-state index contributed by atoms with van der Waals surface area (Å²) in [7, 11) is 1.99. The molecule has 108 valence electrons. The number of imidazole rings is 1. The van der Waals surface area contributed by atoms with Crippen LogP contribution >= 0.6 is 11.8 Å². The van der Waals surface area contributed by atoms with Crippen molar-refractivity contribution in [3.8, 4) is 0 Å². The Labute approximate surface area is 124 Å². The molecule has 0 aromatic carbocycles. The summed E-state index contributed by atoms with van der Waals surface area (Å²) in [5, 5.41) is 5.33. The average Bonchev–Trinajstić information content (AvgIpc) is 2.85. The van der Waals surface area contributed by atoms with Gasteiger partial charge in [0.15, 0.2) is 5.16 Å². The van der Waals surface area contributed by atoms with Crippen molar-refractivity contribution in [2.75, 3.05) is 11.9 Å². The Bertz CT molecular complexity index is 552. The van der Waals surface area contributed by atoms with Crippen LogP contribution in [0.15, 0.2) is 28.9 Å². The molecule has 0 aliphatic carbocycles. The predicted octanol–water partition coefficient (Wildman–Crippen LogP) is 3.14. The predicted molar refractivity (Wildman–Crippen MR) is 82.1 cm³/mol. The van der Waals surface area contributed by atoms with Crippen molar-refractivity contribution in [3.63, 3.8) is 0 Å². The lowest BCUT2D eigenvalue weighted by Gasteiger charge is -2.13. The van der Waals surface area contributed by atoms with Gasteiger partial charge in [-0.25, -0.2) is 15.0 Å². The molecule has 2 aromatic rings. The smallest absolute Gasteiger partial charge is 0.174 e. The molecule has 2 rings (SSSR count). The Hall–Kier alpha value is -1.56. The van der Waals surface area contributed by atoms with E-state index >= 15 is 0 Å². The molecule has 20 heavy (non-hydrogen) atoms. The maximum absolute atomic E-state index is 4.44. The molecule has 0 unspecified atom stereocenters. The monoisotopic (exact) mass is 291 g/mol. The third kappa shape index (κ3) is 3.50. The molecule has 0 aliphatic rings. The van der Waals surface area contributed by atoms with E-state index in [0.717, 1.165) is 41.8 Å². The molecule has 0 saturated carbocycles. The van der Waals surface area contributed by atoms with Gasteiger partial charge in [-0.2, -0.15) is 0 Å². The van der Waals surface area contributed by atoms with E-state index in [-0.39, 0.29) is 0 Å². The van der Waals surface area contributed by atoms with Gasteiger partial charge in [-0.15, -0.1) is 0 Å². The molecule has 0 amide bonds. The van der Waals surface area contributed by atoms with Crippen LogP contribution in [0.25, 0.3) is 0 Å². The van der Waals surface area contributed by atoms with E-state index in [9.17, 15) is 0 Å². The van der Waals surface area contributed by atoms with Gasteiger partial charge in [0.2, 0.25) is 0 Å². The molecule has 5 nitrogen and oxygen atoms in total. The zero-order chi connectivity index (χ0) is 14.4. The normalized spacial score (nSPS) is 10.8. The third-order valence-corrected chi connectivity index (χ3v) is 4.03. The summed E-state index contributed by atoms with van der Waals surface area (Å²) < 4.78 is 2.00. The largest absolute Gasteiger partial charge is 0.370 e. The van der Waals surface area contributed by atoms with Gasteiger partial charge in [-0.05, 0) is 24.6 Å². The maximum atomic E-state index is 4.44. The SMILES string of the molecule is CCCNc1ncnc(Sc2nccn2C)c1CCC. The highest BCUT2D eigenvalue weighted by Gasteiger charge is 2.13. The zero-order valence-corrected chi connectivity index (χ0v) is 13.1. The third-order valence-electron chi connectivity index (χ3n) is 2.91. The molecule has 0 spiro atoms. The molecule has 0 saturated heterocycles. The first-order chi connectivity index (χ1) is 9.76. The lowest BCUT2D eigenvalue weighted by Crippen LogP contribution is -2.07. The van der Waals surface area contributed by atoms with Gasteiger partial charge in [0.1, 0.15) is 17.2 Å². The van der Waals surface area contributed by atoms with Gasteiger partial charge in [0.05, 0.1) is 0 Å². The van der Waals surface area contributed by atoms with E-state index in [0.29, 0.717) is 0 Å². The van der Waals surface area contributed by atoms with Crippen molar-refractivity contribution < 1.29 is 0 Å². The Morgan fingerprint density at radius 3 is 2.70 bits per heavy atom. The molecule has 6 heteroatoms. The Kier molecular flexibility index (Phi) is 5.40. The van der Waals surface area contributed by atoms with Gasteiger partial charge in [0.25, 0.3) is 0 Å². The number of nitrogens with one attached hydrogen (secondary N) is 1. The van der Waals surface area contributed by atoms with Gasteiger partial charge in [-0.1, -0.05) is 20.3 Å².